The molecule has 0 heterocycles. The molecule has 0 saturated carbocycles. The summed E-state index contributed by atoms with van der Waals surface area (Å²) in [6.45, 7) is 0. The van der Waals surface area contributed by atoms with E-state index in [1.54, 1.807) is 0 Å². The molecule has 0 unspecified atom stereocenters. The first kappa shape index (κ1) is 21.5. The fraction of sp³-hybridized carbons (Fsp3) is 0.200. The third-order valence-corrected chi connectivity index (χ3v) is 5.25. The Labute approximate surface area is 163 Å². The molecule has 0 spiro atoms. The van der Waals surface area contributed by atoms with Gasteiger partial charge in [-0.1, -0.05) is 44.0 Å². The van der Waals surface area contributed by atoms with Crippen molar-refractivity contribution in [3.63, 3.8) is 0 Å². The van der Waals surface area contributed by atoms with Gasteiger partial charge in [0.2, 0.25) is 0 Å². The molecule has 0 aliphatic heterocycles. The average Bonchev–Trinajstić information content (AvgIpc) is 2.46. The van der Waals surface area contributed by atoms with Gasteiger partial charge in [0.25, 0.3) is 0 Å². The summed E-state index contributed by atoms with van der Waals surface area (Å²) in [7, 11) is 0. The minimum atomic E-state index is -6.43. The largest absolute Gasteiger partial charge is 0.460 e. The molecule has 0 N–H and O–H groups in total. The lowest BCUT2D eigenvalue weighted by atomic mass is 10.1. The fourth-order valence-corrected chi connectivity index (χ4v) is 4.67. The summed E-state index contributed by atoms with van der Waals surface area (Å²) in [4.78, 5) is -0.549. The molecule has 2 aromatic carbocycles. The number of hydrogen-bond acceptors (Lipinski definition) is 1. The fourth-order valence-electron chi connectivity index (χ4n) is 1.89. The zero-order valence-corrected chi connectivity index (χ0v) is 16.1. The highest BCUT2D eigenvalue weighted by Gasteiger charge is 2.73. The van der Waals surface area contributed by atoms with E-state index >= 15 is 0 Å². The van der Waals surface area contributed by atoms with Crippen LogP contribution in [0.3, 0.4) is 0 Å². The van der Waals surface area contributed by atoms with Crippen LogP contribution in [0.4, 0.5) is 35.1 Å². The van der Waals surface area contributed by atoms with Crippen LogP contribution in [0.15, 0.2) is 50.2 Å². The van der Waals surface area contributed by atoms with E-state index in [0.717, 1.165) is 18.2 Å². The highest BCUT2D eigenvalue weighted by atomic mass is 79.9. The molecule has 26 heavy (non-hydrogen) atoms. The molecule has 0 bridgehead atoms. The van der Waals surface area contributed by atoms with Gasteiger partial charge in [-0.25, -0.2) is 4.39 Å². The van der Waals surface area contributed by atoms with Crippen molar-refractivity contribution in [1.29, 1.82) is 0 Å². The summed E-state index contributed by atoms with van der Waals surface area (Å²) in [6.07, 6.45) is -6.43. The maximum Gasteiger partial charge on any atom is 0.460 e. The van der Waals surface area contributed by atoms with E-state index in [1.165, 1.54) is 18.2 Å². The normalized spacial score (nSPS) is 13.2. The first-order valence-electron chi connectivity index (χ1n) is 6.52. The van der Waals surface area contributed by atoms with Gasteiger partial charge in [-0.15, -0.1) is 0 Å². The molecule has 0 aliphatic rings. The van der Waals surface area contributed by atoms with Crippen molar-refractivity contribution in [2.45, 2.75) is 22.2 Å². The maximum absolute atomic E-state index is 13.8. The van der Waals surface area contributed by atoms with Crippen LogP contribution in [0.5, 0.6) is 0 Å². The lowest BCUT2D eigenvalue weighted by Gasteiger charge is -2.28. The van der Waals surface area contributed by atoms with Crippen molar-refractivity contribution in [3.8, 4) is 11.1 Å². The summed E-state index contributed by atoms with van der Waals surface area (Å²) in [5, 5.41) is -5.47. The van der Waals surface area contributed by atoms with Crippen LogP contribution < -0.4 is 0 Å². The van der Waals surface area contributed by atoms with Gasteiger partial charge in [0.1, 0.15) is 5.82 Å². The third kappa shape index (κ3) is 4.19. The topological polar surface area (TPSA) is 0 Å². The highest BCUT2D eigenvalue weighted by molar-refractivity contribution is 9.11. The molecule has 142 valence electrons. The molecule has 0 radical (unpaired) electrons. The van der Waals surface area contributed by atoms with Gasteiger partial charge >= 0.3 is 17.4 Å². The predicted molar refractivity (Wildman–Crippen MR) is 89.0 cm³/mol. The smallest absolute Gasteiger partial charge is 0.207 e. The van der Waals surface area contributed by atoms with E-state index in [9.17, 15) is 35.1 Å². The summed E-state index contributed by atoms with van der Waals surface area (Å²) >= 11 is 5.11. The van der Waals surface area contributed by atoms with Gasteiger partial charge in [0.15, 0.2) is 0 Å². The predicted octanol–water partition coefficient (Wildman–Crippen LogP) is 7.90. The zero-order valence-electron chi connectivity index (χ0n) is 12.2. The Morgan fingerprint density at radius 3 is 1.85 bits per heavy atom. The molecule has 11 heteroatoms. The van der Waals surface area contributed by atoms with E-state index in [0.29, 0.717) is 0 Å². The first-order valence-corrected chi connectivity index (χ1v) is 8.93. The monoisotopic (exact) mass is 528 g/mol. The van der Waals surface area contributed by atoms with Crippen molar-refractivity contribution in [1.82, 2.24) is 0 Å². The van der Waals surface area contributed by atoms with E-state index in [4.69, 9.17) is 0 Å². The molecule has 2 rings (SSSR count). The van der Waals surface area contributed by atoms with Gasteiger partial charge in [-0.3, -0.25) is 0 Å². The van der Waals surface area contributed by atoms with Crippen molar-refractivity contribution in [3.05, 3.63) is 51.2 Å². The summed E-state index contributed by atoms with van der Waals surface area (Å²) in [5.41, 5.74) is 0.0789. The summed E-state index contributed by atoms with van der Waals surface area (Å²) < 4.78 is 104. The lowest BCUT2D eigenvalue weighted by Crippen LogP contribution is -2.49. The Kier molecular flexibility index (Phi) is 6.04. The molecule has 0 atom stereocenters. The molecule has 0 nitrogen and oxygen atoms in total. The second-order valence-corrected chi connectivity index (χ2v) is 7.89. The van der Waals surface area contributed by atoms with Crippen LogP contribution in [0.2, 0.25) is 0 Å². The quantitative estimate of drug-likeness (QED) is 0.286. The standard InChI is InChI=1S/C15H6Br2F8S/c16-8-5-10(17)12(7-1-3-9(18)4-2-7)11(6-8)26-15(24,25)13(19,20)14(21,22)23/h1-6H. The van der Waals surface area contributed by atoms with Crippen LogP contribution in [0.25, 0.3) is 11.1 Å². The van der Waals surface area contributed by atoms with Crippen molar-refractivity contribution >= 4 is 43.6 Å². The molecular formula is C15H6Br2F8S. The van der Waals surface area contributed by atoms with Crippen LogP contribution in [-0.2, 0) is 0 Å². The van der Waals surface area contributed by atoms with Gasteiger partial charge in [-0.05, 0) is 41.6 Å². The molecule has 2 aromatic rings. The van der Waals surface area contributed by atoms with Gasteiger partial charge in [0.05, 0.1) is 0 Å². The number of halogens is 10. The Morgan fingerprint density at radius 1 is 0.808 bits per heavy atom. The Balaban J connectivity index is 2.58. The number of rotatable bonds is 4. The van der Waals surface area contributed by atoms with Crippen LogP contribution in [-0.4, -0.2) is 17.4 Å². The maximum atomic E-state index is 13.8. The number of thioether (sulfide) groups is 1. The van der Waals surface area contributed by atoms with Crippen molar-refractivity contribution in [2.24, 2.45) is 0 Å². The van der Waals surface area contributed by atoms with E-state index in [1.807, 2.05) is 0 Å². The molecule has 0 saturated heterocycles. The summed E-state index contributed by atoms with van der Waals surface area (Å²) in [6, 6.07) is 6.75. The van der Waals surface area contributed by atoms with Gasteiger partial charge in [0, 0.05) is 19.4 Å². The first-order chi connectivity index (χ1) is 11.8. The zero-order chi connectivity index (χ0) is 19.9. The second kappa shape index (κ2) is 7.31. The molecule has 0 aromatic heterocycles. The number of alkyl halides is 7. The Hall–Kier alpha value is -0.810. The van der Waals surface area contributed by atoms with Crippen LogP contribution >= 0.6 is 43.6 Å². The molecule has 0 fully saturated rings. The molecule has 0 aliphatic carbocycles. The number of hydrogen-bond donors (Lipinski definition) is 0. The van der Waals surface area contributed by atoms with Gasteiger partial charge in [-0.2, -0.15) is 30.7 Å². The third-order valence-electron chi connectivity index (χ3n) is 3.11. The van der Waals surface area contributed by atoms with E-state index < -0.39 is 39.8 Å². The van der Waals surface area contributed by atoms with Crippen molar-refractivity contribution in [2.75, 3.05) is 0 Å². The van der Waals surface area contributed by atoms with E-state index in [-0.39, 0.29) is 20.1 Å². The minimum absolute atomic E-state index is 0.0733. The molecular weight excluding hydrogens is 524 g/mol. The Morgan fingerprint density at radius 2 is 1.35 bits per heavy atom. The highest BCUT2D eigenvalue weighted by Crippen LogP contribution is 2.56. The van der Waals surface area contributed by atoms with Crippen molar-refractivity contribution < 1.29 is 35.1 Å². The minimum Gasteiger partial charge on any atom is -0.207 e. The van der Waals surface area contributed by atoms with Crippen LogP contribution in [0, 0.1) is 5.82 Å². The Bertz CT molecular complexity index is 803. The average molecular weight is 530 g/mol. The second-order valence-electron chi connectivity index (χ2n) is 4.96. The lowest BCUT2D eigenvalue weighted by molar-refractivity contribution is -0.330. The SMILES string of the molecule is Fc1ccc(-c2c(Br)cc(Br)cc2SC(F)(F)C(F)(F)C(F)(F)F)cc1. The summed E-state index contributed by atoms with van der Waals surface area (Å²) in [5.74, 6) is -6.88. The van der Waals surface area contributed by atoms with E-state index in [2.05, 4.69) is 31.9 Å². The number of benzene rings is 2. The molecule has 0 amide bonds. The van der Waals surface area contributed by atoms with Gasteiger partial charge < -0.3 is 0 Å². The van der Waals surface area contributed by atoms with Crippen LogP contribution in [0.1, 0.15) is 0 Å².